The molecule has 0 saturated carbocycles. The van der Waals surface area contributed by atoms with E-state index < -0.39 is 15.9 Å². The molecule has 162 valence electrons. The molecule has 0 radical (unpaired) electrons. The van der Waals surface area contributed by atoms with Crippen LogP contribution in [0.25, 0.3) is 11.0 Å². The smallest absolute Gasteiger partial charge is 0.291 e. The first-order valence-corrected chi connectivity index (χ1v) is 11.2. The van der Waals surface area contributed by atoms with Gasteiger partial charge in [-0.25, -0.2) is 8.42 Å². The van der Waals surface area contributed by atoms with Crippen molar-refractivity contribution in [1.29, 1.82) is 0 Å². The normalized spacial score (nSPS) is 11.3. The highest BCUT2D eigenvalue weighted by Crippen LogP contribution is 2.23. The van der Waals surface area contributed by atoms with Gasteiger partial charge in [-0.2, -0.15) is 0 Å². The van der Waals surface area contributed by atoms with Crippen molar-refractivity contribution in [3.05, 3.63) is 100 Å². The SMILES string of the molecule is Cc1ccc2c(=O)cc(C(=O)Nc3ccc(S(=O)(=O)N(C)c4ccccc4)cc3)oc2c1. The van der Waals surface area contributed by atoms with Crippen LogP contribution < -0.4 is 15.1 Å². The molecule has 4 rings (SSSR count). The van der Waals surface area contributed by atoms with Crippen LogP contribution in [0.1, 0.15) is 16.1 Å². The minimum atomic E-state index is -3.76. The van der Waals surface area contributed by atoms with Crippen LogP contribution in [-0.4, -0.2) is 21.4 Å². The molecule has 1 heterocycles. The van der Waals surface area contributed by atoms with Gasteiger partial charge in [-0.3, -0.25) is 13.9 Å². The van der Waals surface area contributed by atoms with E-state index in [9.17, 15) is 18.0 Å². The third-order valence-corrected chi connectivity index (χ3v) is 6.80. The molecule has 4 aromatic rings. The summed E-state index contributed by atoms with van der Waals surface area (Å²) >= 11 is 0. The maximum absolute atomic E-state index is 12.9. The van der Waals surface area contributed by atoms with Crippen molar-refractivity contribution in [1.82, 2.24) is 0 Å². The van der Waals surface area contributed by atoms with Crippen molar-refractivity contribution in [3.63, 3.8) is 0 Å². The van der Waals surface area contributed by atoms with Crippen molar-refractivity contribution in [2.45, 2.75) is 11.8 Å². The number of nitrogens with one attached hydrogen (secondary N) is 1. The second-order valence-corrected chi connectivity index (χ2v) is 9.23. The molecule has 0 aliphatic rings. The van der Waals surface area contributed by atoms with Crippen molar-refractivity contribution in [2.24, 2.45) is 0 Å². The minimum Gasteiger partial charge on any atom is -0.451 e. The van der Waals surface area contributed by atoms with Gasteiger partial charge < -0.3 is 9.73 Å². The van der Waals surface area contributed by atoms with E-state index in [1.54, 1.807) is 48.5 Å². The number of aryl methyl sites for hydroxylation is 1. The number of benzene rings is 3. The maximum atomic E-state index is 12.9. The summed E-state index contributed by atoms with van der Waals surface area (Å²) in [7, 11) is -2.29. The second-order valence-electron chi connectivity index (χ2n) is 7.26. The number of para-hydroxylation sites is 1. The number of sulfonamides is 1. The van der Waals surface area contributed by atoms with E-state index in [1.165, 1.54) is 35.6 Å². The standard InChI is InChI=1S/C24H20N2O5S/c1-16-8-13-20-21(27)15-23(31-22(20)14-16)24(28)25-17-9-11-19(12-10-17)32(29,30)26(2)18-6-4-3-5-7-18/h3-15H,1-2H3,(H,25,28). The zero-order valence-electron chi connectivity index (χ0n) is 17.4. The number of nitrogens with zero attached hydrogens (tertiary/aromatic N) is 1. The van der Waals surface area contributed by atoms with Crippen LogP contribution in [0.2, 0.25) is 0 Å². The third kappa shape index (κ3) is 4.13. The van der Waals surface area contributed by atoms with Gasteiger partial charge in [0.1, 0.15) is 5.58 Å². The van der Waals surface area contributed by atoms with Crippen LogP contribution in [0.4, 0.5) is 11.4 Å². The summed E-state index contributed by atoms with van der Waals surface area (Å²) in [6, 6.07) is 20.8. The first kappa shape index (κ1) is 21.3. The van der Waals surface area contributed by atoms with Crippen LogP contribution >= 0.6 is 0 Å². The lowest BCUT2D eigenvalue weighted by Crippen LogP contribution is -2.26. The Bertz CT molecular complexity index is 1460. The molecule has 8 heteroatoms. The molecule has 1 aromatic heterocycles. The Balaban J connectivity index is 1.56. The summed E-state index contributed by atoms with van der Waals surface area (Å²) in [5.41, 5.74) is 1.81. The lowest BCUT2D eigenvalue weighted by Gasteiger charge is -2.19. The van der Waals surface area contributed by atoms with Gasteiger partial charge in [-0.15, -0.1) is 0 Å². The predicted octanol–water partition coefficient (Wildman–Crippen LogP) is 4.18. The minimum absolute atomic E-state index is 0.0783. The number of hydrogen-bond donors (Lipinski definition) is 1. The van der Waals surface area contributed by atoms with Gasteiger partial charge in [0, 0.05) is 18.8 Å². The molecule has 1 N–H and O–H groups in total. The molecule has 0 aliphatic carbocycles. The second kappa shape index (κ2) is 8.32. The number of amides is 1. The predicted molar refractivity (Wildman–Crippen MR) is 124 cm³/mol. The maximum Gasteiger partial charge on any atom is 0.291 e. The zero-order chi connectivity index (χ0) is 22.9. The van der Waals surface area contributed by atoms with E-state index in [-0.39, 0.29) is 16.1 Å². The summed E-state index contributed by atoms with van der Waals surface area (Å²) in [6.07, 6.45) is 0. The summed E-state index contributed by atoms with van der Waals surface area (Å²) in [6.45, 7) is 1.86. The van der Waals surface area contributed by atoms with Crippen LogP contribution in [0, 0.1) is 6.92 Å². The van der Waals surface area contributed by atoms with E-state index in [4.69, 9.17) is 4.42 Å². The molecular formula is C24H20N2O5S. The fourth-order valence-corrected chi connectivity index (χ4v) is 4.41. The first-order valence-electron chi connectivity index (χ1n) is 9.75. The van der Waals surface area contributed by atoms with E-state index in [2.05, 4.69) is 5.32 Å². The fraction of sp³-hybridized carbons (Fsp3) is 0.0833. The van der Waals surface area contributed by atoms with Crippen LogP contribution in [0.15, 0.2) is 93.0 Å². The lowest BCUT2D eigenvalue weighted by molar-refractivity contribution is 0.0997. The molecule has 3 aromatic carbocycles. The van der Waals surface area contributed by atoms with Gasteiger partial charge in [0.25, 0.3) is 15.9 Å². The molecule has 0 spiro atoms. The number of carbonyl (C=O) groups excluding carboxylic acids is 1. The quantitative estimate of drug-likeness (QED) is 0.494. The Hall–Kier alpha value is -3.91. The summed E-state index contributed by atoms with van der Waals surface area (Å²) in [5.74, 6) is -0.740. The third-order valence-electron chi connectivity index (χ3n) is 5.00. The molecule has 0 atom stereocenters. The van der Waals surface area contributed by atoms with Gasteiger partial charge in [0.05, 0.1) is 16.0 Å². The zero-order valence-corrected chi connectivity index (χ0v) is 18.2. The molecule has 0 saturated heterocycles. The van der Waals surface area contributed by atoms with E-state index in [1.807, 2.05) is 6.92 Å². The van der Waals surface area contributed by atoms with Gasteiger partial charge in [0.15, 0.2) is 11.2 Å². The Morgan fingerprint density at radius 1 is 0.938 bits per heavy atom. The van der Waals surface area contributed by atoms with Crippen LogP contribution in [0.5, 0.6) is 0 Å². The number of rotatable bonds is 5. The van der Waals surface area contributed by atoms with E-state index in [0.29, 0.717) is 22.3 Å². The van der Waals surface area contributed by atoms with Crippen molar-refractivity contribution in [2.75, 3.05) is 16.7 Å². The van der Waals surface area contributed by atoms with E-state index >= 15 is 0 Å². The van der Waals surface area contributed by atoms with Crippen molar-refractivity contribution < 1.29 is 17.6 Å². The molecule has 32 heavy (non-hydrogen) atoms. The Morgan fingerprint density at radius 3 is 2.31 bits per heavy atom. The summed E-state index contributed by atoms with van der Waals surface area (Å²) in [4.78, 5) is 25.0. The van der Waals surface area contributed by atoms with Crippen molar-refractivity contribution in [3.8, 4) is 0 Å². The first-order chi connectivity index (χ1) is 15.3. The topological polar surface area (TPSA) is 96.7 Å². The Labute approximate surface area is 185 Å². The van der Waals surface area contributed by atoms with Gasteiger partial charge in [-0.1, -0.05) is 24.3 Å². The molecule has 1 amide bonds. The average Bonchev–Trinajstić information content (AvgIpc) is 2.79. The highest BCUT2D eigenvalue weighted by Gasteiger charge is 2.21. The molecular weight excluding hydrogens is 428 g/mol. The van der Waals surface area contributed by atoms with Crippen LogP contribution in [-0.2, 0) is 10.0 Å². The number of carbonyl (C=O) groups is 1. The largest absolute Gasteiger partial charge is 0.451 e. The van der Waals surface area contributed by atoms with Gasteiger partial charge in [-0.05, 0) is 61.0 Å². The Morgan fingerprint density at radius 2 is 1.62 bits per heavy atom. The molecule has 0 unspecified atom stereocenters. The molecule has 0 aliphatic heterocycles. The highest BCUT2D eigenvalue weighted by atomic mass is 32.2. The Kier molecular flexibility index (Phi) is 5.54. The van der Waals surface area contributed by atoms with Gasteiger partial charge >= 0.3 is 0 Å². The highest BCUT2D eigenvalue weighted by molar-refractivity contribution is 7.92. The number of hydrogen-bond acceptors (Lipinski definition) is 5. The summed E-state index contributed by atoms with van der Waals surface area (Å²) < 4.78 is 32.5. The average molecular weight is 449 g/mol. The molecule has 0 fully saturated rings. The monoisotopic (exact) mass is 448 g/mol. The number of fused-ring (bicyclic) bond motifs is 1. The van der Waals surface area contributed by atoms with Crippen molar-refractivity contribution >= 4 is 38.3 Å². The number of anilines is 2. The fourth-order valence-electron chi connectivity index (χ4n) is 3.21. The van der Waals surface area contributed by atoms with Gasteiger partial charge in [0.2, 0.25) is 0 Å². The van der Waals surface area contributed by atoms with Crippen LogP contribution in [0.3, 0.4) is 0 Å². The lowest BCUT2D eigenvalue weighted by atomic mass is 10.1. The molecule has 0 bridgehead atoms. The summed E-state index contributed by atoms with van der Waals surface area (Å²) in [5, 5.41) is 3.02. The van der Waals surface area contributed by atoms with E-state index in [0.717, 1.165) is 11.6 Å². The molecule has 7 nitrogen and oxygen atoms in total.